The molecule has 0 radical (unpaired) electrons. The van der Waals surface area contributed by atoms with Gasteiger partial charge in [0.25, 0.3) is 11.1 Å². The molecule has 0 N–H and O–H groups in total. The number of aromatic nitrogens is 1. The van der Waals surface area contributed by atoms with Crippen molar-refractivity contribution in [3.05, 3.63) is 49.8 Å². The molecule has 9 heteroatoms. The van der Waals surface area contributed by atoms with Crippen LogP contribution in [0.1, 0.15) is 29.7 Å². The smallest absolute Gasteiger partial charge is 0.293 e. The van der Waals surface area contributed by atoms with Crippen LogP contribution in [0.15, 0.2) is 29.2 Å². The number of thioether (sulfide) groups is 1. The van der Waals surface area contributed by atoms with Crippen molar-refractivity contribution >= 4 is 68.7 Å². The monoisotopic (exact) mass is 453 g/mol. The first kappa shape index (κ1) is 19.8. The number of amides is 2. The van der Waals surface area contributed by atoms with Gasteiger partial charge in [0.15, 0.2) is 5.13 Å². The number of halogens is 2. The quantitative estimate of drug-likeness (QED) is 0.557. The summed E-state index contributed by atoms with van der Waals surface area (Å²) in [6.07, 6.45) is 5.22. The lowest BCUT2D eigenvalue weighted by Crippen LogP contribution is -2.29. The molecule has 2 amide bonds. The second kappa shape index (κ2) is 8.45. The van der Waals surface area contributed by atoms with Crippen LogP contribution in [-0.4, -0.2) is 34.1 Å². The molecule has 5 nitrogen and oxygen atoms in total. The van der Waals surface area contributed by atoms with Gasteiger partial charge in [0.05, 0.1) is 16.3 Å². The molecule has 2 aliphatic rings. The number of hydrogen-bond acceptors (Lipinski definition) is 6. The zero-order valence-electron chi connectivity index (χ0n) is 14.9. The lowest BCUT2D eigenvalue weighted by atomic mass is 10.1. The van der Waals surface area contributed by atoms with Crippen LogP contribution in [0.5, 0.6) is 0 Å². The molecule has 2 aromatic rings. The Morgan fingerprint density at radius 1 is 1.07 bits per heavy atom. The number of nitrogens with zero attached hydrogens (tertiary/aromatic N) is 3. The SMILES string of the molecule is O=C1S/C(=C\c2sc(N3CCCCC3)nc2Cl)C(=O)N1Cc1ccc(Cl)cc1. The lowest BCUT2D eigenvalue weighted by molar-refractivity contribution is -0.123. The Balaban J connectivity index is 1.52. The third-order valence-electron chi connectivity index (χ3n) is 4.61. The minimum Gasteiger partial charge on any atom is -0.348 e. The molecule has 3 heterocycles. The Morgan fingerprint density at radius 3 is 2.50 bits per heavy atom. The Morgan fingerprint density at radius 2 is 1.79 bits per heavy atom. The van der Waals surface area contributed by atoms with E-state index in [0.29, 0.717) is 20.0 Å². The number of hydrogen-bond donors (Lipinski definition) is 0. The maximum absolute atomic E-state index is 12.7. The third-order valence-corrected chi connectivity index (χ3v) is 7.24. The van der Waals surface area contributed by atoms with Crippen molar-refractivity contribution in [3.8, 4) is 0 Å². The molecular formula is C19H17Cl2N3O2S2. The van der Waals surface area contributed by atoms with E-state index in [1.807, 2.05) is 0 Å². The molecule has 0 bridgehead atoms. The first-order chi connectivity index (χ1) is 13.5. The molecule has 0 aliphatic carbocycles. The molecule has 2 aliphatic heterocycles. The fourth-order valence-electron chi connectivity index (χ4n) is 3.14. The predicted octanol–water partition coefficient (Wildman–Crippen LogP) is 5.68. The maximum atomic E-state index is 12.7. The van der Waals surface area contributed by atoms with E-state index in [1.165, 1.54) is 22.7 Å². The Hall–Kier alpha value is -1.54. The van der Waals surface area contributed by atoms with Crippen molar-refractivity contribution in [1.29, 1.82) is 0 Å². The number of piperidine rings is 1. The van der Waals surface area contributed by atoms with E-state index < -0.39 is 0 Å². The fraction of sp³-hybridized carbons (Fsp3) is 0.316. The highest BCUT2D eigenvalue weighted by molar-refractivity contribution is 8.18. The first-order valence-corrected chi connectivity index (χ1v) is 11.3. The van der Waals surface area contributed by atoms with Gasteiger partial charge < -0.3 is 4.90 Å². The maximum Gasteiger partial charge on any atom is 0.293 e. The summed E-state index contributed by atoms with van der Waals surface area (Å²) >= 11 is 14.6. The van der Waals surface area contributed by atoms with E-state index in [4.69, 9.17) is 23.2 Å². The van der Waals surface area contributed by atoms with Crippen LogP contribution in [0, 0.1) is 0 Å². The summed E-state index contributed by atoms with van der Waals surface area (Å²) in [4.78, 5) is 34.1. The number of thiazole rings is 1. The summed E-state index contributed by atoms with van der Waals surface area (Å²) in [5, 5.41) is 1.57. The van der Waals surface area contributed by atoms with Gasteiger partial charge in [0, 0.05) is 18.1 Å². The van der Waals surface area contributed by atoms with E-state index in [0.717, 1.165) is 48.4 Å². The Labute approximate surface area is 181 Å². The largest absolute Gasteiger partial charge is 0.348 e. The summed E-state index contributed by atoms with van der Waals surface area (Å²) < 4.78 is 0. The van der Waals surface area contributed by atoms with Gasteiger partial charge in [-0.05, 0) is 54.8 Å². The number of rotatable bonds is 4. The average Bonchev–Trinajstić information content (AvgIpc) is 3.19. The summed E-state index contributed by atoms with van der Waals surface area (Å²) in [5.74, 6) is -0.311. The Kier molecular flexibility index (Phi) is 5.96. The van der Waals surface area contributed by atoms with Crippen molar-refractivity contribution < 1.29 is 9.59 Å². The van der Waals surface area contributed by atoms with Crippen molar-refractivity contribution in [2.75, 3.05) is 18.0 Å². The highest BCUT2D eigenvalue weighted by Crippen LogP contribution is 2.38. The summed E-state index contributed by atoms with van der Waals surface area (Å²) in [6.45, 7) is 2.16. The minimum atomic E-state index is -0.311. The van der Waals surface area contributed by atoms with Gasteiger partial charge in [0.1, 0.15) is 5.15 Å². The van der Waals surface area contributed by atoms with Gasteiger partial charge in [0.2, 0.25) is 0 Å². The van der Waals surface area contributed by atoms with E-state index in [9.17, 15) is 9.59 Å². The van der Waals surface area contributed by atoms with Gasteiger partial charge in [-0.25, -0.2) is 4.98 Å². The van der Waals surface area contributed by atoms with Crippen molar-refractivity contribution in [2.45, 2.75) is 25.8 Å². The molecule has 2 saturated heterocycles. The molecule has 28 heavy (non-hydrogen) atoms. The standard InChI is InChI=1S/C19H17Cl2N3O2S2/c20-13-6-4-12(5-7-13)11-24-17(25)15(28-19(24)26)10-14-16(21)22-18(27-14)23-8-2-1-3-9-23/h4-7,10H,1-3,8-9,11H2/b15-10-. The average molecular weight is 454 g/mol. The van der Waals surface area contributed by atoms with E-state index in [1.54, 1.807) is 30.3 Å². The van der Waals surface area contributed by atoms with Crippen molar-refractivity contribution in [1.82, 2.24) is 9.88 Å². The number of benzene rings is 1. The van der Waals surface area contributed by atoms with Gasteiger partial charge in [-0.2, -0.15) is 0 Å². The van der Waals surface area contributed by atoms with E-state index in [-0.39, 0.29) is 17.7 Å². The highest BCUT2D eigenvalue weighted by Gasteiger charge is 2.35. The normalized spacial score (nSPS) is 19.1. The molecule has 1 aromatic heterocycles. The van der Waals surface area contributed by atoms with Crippen molar-refractivity contribution in [2.24, 2.45) is 0 Å². The van der Waals surface area contributed by atoms with Crippen LogP contribution < -0.4 is 4.90 Å². The van der Waals surface area contributed by atoms with Crippen LogP contribution in [0.3, 0.4) is 0 Å². The summed E-state index contributed by atoms with van der Waals surface area (Å²) in [6, 6.07) is 7.09. The number of carbonyl (C=O) groups is 2. The van der Waals surface area contributed by atoms with Gasteiger partial charge in [-0.15, -0.1) is 0 Å². The van der Waals surface area contributed by atoms with Crippen LogP contribution in [-0.2, 0) is 11.3 Å². The molecule has 146 valence electrons. The fourth-order valence-corrected chi connectivity index (χ4v) is 5.41. The molecule has 2 fully saturated rings. The topological polar surface area (TPSA) is 53.5 Å². The zero-order chi connectivity index (χ0) is 19.7. The van der Waals surface area contributed by atoms with Gasteiger partial charge in [-0.1, -0.05) is 46.7 Å². The highest BCUT2D eigenvalue weighted by atomic mass is 35.5. The minimum absolute atomic E-state index is 0.217. The van der Waals surface area contributed by atoms with Crippen LogP contribution >= 0.6 is 46.3 Å². The van der Waals surface area contributed by atoms with Gasteiger partial charge in [-0.3, -0.25) is 14.5 Å². The predicted molar refractivity (Wildman–Crippen MR) is 116 cm³/mol. The lowest BCUT2D eigenvalue weighted by Gasteiger charge is -2.25. The van der Waals surface area contributed by atoms with E-state index >= 15 is 0 Å². The van der Waals surface area contributed by atoms with Gasteiger partial charge >= 0.3 is 0 Å². The Bertz CT molecular complexity index is 937. The zero-order valence-corrected chi connectivity index (χ0v) is 18.0. The van der Waals surface area contributed by atoms with E-state index in [2.05, 4.69) is 9.88 Å². The van der Waals surface area contributed by atoms with Crippen LogP contribution in [0.25, 0.3) is 6.08 Å². The number of carbonyl (C=O) groups excluding carboxylic acids is 2. The molecule has 0 spiro atoms. The van der Waals surface area contributed by atoms with Crippen LogP contribution in [0.2, 0.25) is 10.2 Å². The molecule has 0 atom stereocenters. The molecular weight excluding hydrogens is 437 g/mol. The molecule has 1 aromatic carbocycles. The molecule has 0 unspecified atom stereocenters. The summed E-state index contributed by atoms with van der Waals surface area (Å²) in [5.41, 5.74) is 0.844. The second-order valence-electron chi connectivity index (χ2n) is 6.59. The molecule has 4 rings (SSSR count). The number of anilines is 1. The van der Waals surface area contributed by atoms with Crippen molar-refractivity contribution in [3.63, 3.8) is 0 Å². The number of imide groups is 1. The molecule has 0 saturated carbocycles. The summed E-state index contributed by atoms with van der Waals surface area (Å²) in [7, 11) is 0. The second-order valence-corrected chi connectivity index (χ2v) is 9.39. The first-order valence-electron chi connectivity index (χ1n) is 8.92. The van der Waals surface area contributed by atoms with Crippen LogP contribution in [0.4, 0.5) is 9.93 Å². The third kappa shape index (κ3) is 4.22.